The van der Waals surface area contributed by atoms with Gasteiger partial charge < -0.3 is 4.79 Å². The molecular weight excluding hydrogens is 150 g/mol. The first-order valence-electron chi connectivity index (χ1n) is 3.31. The van der Waals surface area contributed by atoms with Crippen molar-refractivity contribution in [2.45, 2.75) is 25.7 Å². The quantitative estimate of drug-likeness (QED) is 0.258. The van der Waals surface area contributed by atoms with Crippen molar-refractivity contribution in [2.24, 2.45) is 5.90 Å². The van der Waals surface area contributed by atoms with E-state index in [-0.39, 0.29) is 6.42 Å². The van der Waals surface area contributed by atoms with Crippen molar-refractivity contribution in [1.29, 1.82) is 0 Å². The van der Waals surface area contributed by atoms with Gasteiger partial charge in [-0.25, -0.2) is 4.79 Å². The predicted octanol–water partition coefficient (Wildman–Crippen LogP) is 0.0942. The lowest BCUT2D eigenvalue weighted by atomic mass is 10.2. The smallest absolute Gasteiger partial charge is 0.303 e. The van der Waals surface area contributed by atoms with Gasteiger partial charge in [0, 0.05) is 12.8 Å². The summed E-state index contributed by atoms with van der Waals surface area (Å²) in [6, 6.07) is 0. The van der Waals surface area contributed by atoms with E-state index in [9.17, 15) is 9.59 Å². The van der Waals surface area contributed by atoms with E-state index in [2.05, 4.69) is 15.8 Å². The summed E-state index contributed by atoms with van der Waals surface area (Å²) in [7, 11) is 0. The van der Waals surface area contributed by atoms with Gasteiger partial charge in [-0.2, -0.15) is 5.90 Å². The third-order valence-electron chi connectivity index (χ3n) is 1.09. The van der Waals surface area contributed by atoms with Crippen molar-refractivity contribution in [3.63, 3.8) is 0 Å². The van der Waals surface area contributed by atoms with Crippen molar-refractivity contribution in [1.82, 2.24) is 0 Å². The number of hydrogen-bond acceptors (Lipinski definition) is 5. The van der Waals surface area contributed by atoms with Crippen LogP contribution in [0.2, 0.25) is 0 Å². The summed E-state index contributed by atoms with van der Waals surface area (Å²) in [4.78, 5) is 27.9. The maximum absolute atomic E-state index is 10.5. The summed E-state index contributed by atoms with van der Waals surface area (Å²) in [6.45, 7) is 0. The zero-order valence-electron chi connectivity index (χ0n) is 6.12. The molecule has 0 rings (SSSR count). The Morgan fingerprint density at radius 2 is 2.18 bits per heavy atom. The highest BCUT2D eigenvalue weighted by Crippen LogP contribution is 1.98. The van der Waals surface area contributed by atoms with Crippen molar-refractivity contribution in [3.8, 4) is 0 Å². The van der Waals surface area contributed by atoms with Gasteiger partial charge in [0.1, 0.15) is 6.29 Å². The maximum atomic E-state index is 10.5. The van der Waals surface area contributed by atoms with E-state index in [4.69, 9.17) is 0 Å². The summed E-state index contributed by atoms with van der Waals surface area (Å²) in [6.07, 6.45) is 2.80. The number of aldehydes is 1. The molecule has 11 heavy (non-hydrogen) atoms. The molecule has 0 saturated carbocycles. The molecule has 0 saturated heterocycles. The molecule has 0 aliphatic heterocycles. The van der Waals surface area contributed by atoms with Gasteiger partial charge in [0.2, 0.25) is 0 Å². The van der Waals surface area contributed by atoms with Gasteiger partial charge in [-0.1, -0.05) is 4.99 Å². The zero-order chi connectivity index (χ0) is 8.53. The number of hydrogen-bond donors (Lipinski definition) is 1. The van der Waals surface area contributed by atoms with E-state index < -0.39 is 5.97 Å². The van der Waals surface area contributed by atoms with Gasteiger partial charge in [-0.15, -0.1) is 0 Å². The van der Waals surface area contributed by atoms with Gasteiger partial charge in [0.15, 0.2) is 0 Å². The fraction of sp³-hybridized carbons (Fsp3) is 0.667. The van der Waals surface area contributed by atoms with Crippen molar-refractivity contribution in [3.05, 3.63) is 0 Å². The van der Waals surface area contributed by atoms with Crippen LogP contribution in [0.3, 0.4) is 0 Å². The molecule has 0 heterocycles. The molecule has 5 heteroatoms. The standard InChI is InChI=1S/C6H11NO4/c7-11-10-6(9)4-2-1-3-5-8/h5H,1-4,7H2. The Hall–Kier alpha value is -0.940. The molecule has 0 radical (unpaired) electrons. The van der Waals surface area contributed by atoms with Crippen molar-refractivity contribution >= 4 is 12.3 Å². The highest BCUT2D eigenvalue weighted by atomic mass is 17.3. The molecule has 0 aromatic heterocycles. The Bertz CT molecular complexity index is 126. The van der Waals surface area contributed by atoms with Gasteiger partial charge in [-0.3, -0.25) is 4.89 Å². The molecule has 0 spiro atoms. The van der Waals surface area contributed by atoms with E-state index in [1.54, 1.807) is 0 Å². The molecule has 0 aromatic carbocycles. The predicted molar refractivity (Wildman–Crippen MR) is 35.9 cm³/mol. The average Bonchev–Trinajstić information content (AvgIpc) is 1.99. The third-order valence-corrected chi connectivity index (χ3v) is 1.09. The minimum absolute atomic E-state index is 0.227. The van der Waals surface area contributed by atoms with Crippen LogP contribution in [0.4, 0.5) is 0 Å². The third kappa shape index (κ3) is 6.95. The van der Waals surface area contributed by atoms with Gasteiger partial charge in [0.25, 0.3) is 0 Å². The Kier molecular flexibility index (Phi) is 6.56. The van der Waals surface area contributed by atoms with Gasteiger partial charge in [0.05, 0.1) is 0 Å². The molecule has 0 unspecified atom stereocenters. The van der Waals surface area contributed by atoms with E-state index in [1.165, 1.54) is 0 Å². The lowest BCUT2D eigenvalue weighted by molar-refractivity contribution is -0.276. The summed E-state index contributed by atoms with van der Waals surface area (Å²) in [5, 5.41) is 0. The van der Waals surface area contributed by atoms with Gasteiger partial charge in [-0.05, 0) is 12.8 Å². The van der Waals surface area contributed by atoms with Crippen LogP contribution in [0.5, 0.6) is 0 Å². The van der Waals surface area contributed by atoms with E-state index in [0.29, 0.717) is 19.3 Å². The summed E-state index contributed by atoms with van der Waals surface area (Å²) < 4.78 is 0. The second-order valence-corrected chi connectivity index (χ2v) is 1.96. The minimum Gasteiger partial charge on any atom is -0.303 e. The second-order valence-electron chi connectivity index (χ2n) is 1.96. The van der Waals surface area contributed by atoms with Crippen LogP contribution in [0.1, 0.15) is 25.7 Å². The van der Waals surface area contributed by atoms with Gasteiger partial charge >= 0.3 is 5.97 Å². The van der Waals surface area contributed by atoms with E-state index >= 15 is 0 Å². The summed E-state index contributed by atoms with van der Waals surface area (Å²) >= 11 is 0. The zero-order valence-corrected chi connectivity index (χ0v) is 6.12. The van der Waals surface area contributed by atoms with Crippen LogP contribution in [-0.4, -0.2) is 12.3 Å². The molecule has 2 N–H and O–H groups in total. The highest BCUT2D eigenvalue weighted by molar-refractivity contribution is 5.68. The molecule has 0 aliphatic rings. The highest BCUT2D eigenvalue weighted by Gasteiger charge is 2.01. The molecule has 0 amide bonds. The van der Waals surface area contributed by atoms with E-state index in [1.807, 2.05) is 0 Å². The monoisotopic (exact) mass is 161 g/mol. The largest absolute Gasteiger partial charge is 0.344 e. The Morgan fingerprint density at radius 3 is 2.73 bits per heavy atom. The fourth-order valence-corrected chi connectivity index (χ4v) is 0.592. The Labute approximate surface area is 64.3 Å². The van der Waals surface area contributed by atoms with E-state index in [0.717, 1.165) is 6.29 Å². The van der Waals surface area contributed by atoms with Crippen molar-refractivity contribution in [2.75, 3.05) is 0 Å². The van der Waals surface area contributed by atoms with Crippen LogP contribution in [0, 0.1) is 0 Å². The topological polar surface area (TPSA) is 78.6 Å². The lowest BCUT2D eigenvalue weighted by Crippen LogP contribution is -2.08. The summed E-state index contributed by atoms with van der Waals surface area (Å²) in [5.74, 6) is 3.95. The number of unbranched alkanes of at least 4 members (excludes halogenated alkanes) is 2. The second kappa shape index (κ2) is 7.17. The molecule has 0 aromatic rings. The normalized spacial score (nSPS) is 9.18. The van der Waals surface area contributed by atoms with Crippen LogP contribution in [-0.2, 0) is 19.5 Å². The first-order valence-corrected chi connectivity index (χ1v) is 3.31. The molecule has 0 bridgehead atoms. The first-order chi connectivity index (χ1) is 5.31. The lowest BCUT2D eigenvalue weighted by Gasteiger charge is -1.96. The molecule has 0 fully saturated rings. The molecule has 64 valence electrons. The number of carbonyl (C=O) groups excluding carboxylic acids is 2. The molecule has 0 aliphatic carbocycles. The number of carbonyl (C=O) groups is 2. The first kappa shape index (κ1) is 10.1. The Balaban J connectivity index is 3.10. The van der Waals surface area contributed by atoms with Crippen LogP contribution in [0.15, 0.2) is 0 Å². The van der Waals surface area contributed by atoms with Crippen LogP contribution < -0.4 is 5.90 Å². The van der Waals surface area contributed by atoms with Crippen LogP contribution >= 0.6 is 0 Å². The van der Waals surface area contributed by atoms with Crippen LogP contribution in [0.25, 0.3) is 0 Å². The Morgan fingerprint density at radius 1 is 1.45 bits per heavy atom. The maximum Gasteiger partial charge on any atom is 0.344 e. The molecule has 5 nitrogen and oxygen atoms in total. The molecular formula is C6H11NO4. The van der Waals surface area contributed by atoms with Crippen molar-refractivity contribution < 1.29 is 19.5 Å². The number of nitrogens with two attached hydrogens (primary N) is 1. The number of rotatable bonds is 6. The average molecular weight is 161 g/mol. The SMILES string of the molecule is NOOC(=O)CCCCC=O. The summed E-state index contributed by atoms with van der Waals surface area (Å²) in [5.41, 5.74) is 0. The fourth-order valence-electron chi connectivity index (χ4n) is 0.592. The minimum atomic E-state index is -0.515. The molecule has 0 atom stereocenters.